The fraction of sp³-hybridized carbons (Fsp3) is 0.241. The molecule has 36 heavy (non-hydrogen) atoms. The number of hydrogen-bond donors (Lipinski definition) is 1. The van der Waals surface area contributed by atoms with E-state index in [1.807, 2.05) is 48.0 Å². The van der Waals surface area contributed by atoms with Gasteiger partial charge >= 0.3 is 0 Å². The zero-order chi connectivity index (χ0) is 24.9. The Hall–Kier alpha value is -3.97. The number of carbonyl (C=O) groups excluding carboxylic acids is 1. The highest BCUT2D eigenvalue weighted by molar-refractivity contribution is 6.00. The number of nitrogens with zero attached hydrogens (tertiary/aromatic N) is 4. The van der Waals surface area contributed by atoms with Gasteiger partial charge in [0.15, 0.2) is 0 Å². The Bertz CT molecular complexity index is 1310. The molecule has 2 aromatic carbocycles. The van der Waals surface area contributed by atoms with Crippen LogP contribution in [0.4, 0.5) is 10.1 Å². The van der Waals surface area contributed by atoms with E-state index in [2.05, 4.69) is 44.5 Å². The maximum atomic E-state index is 13.1. The van der Waals surface area contributed by atoms with Crippen LogP contribution in [0.3, 0.4) is 0 Å². The van der Waals surface area contributed by atoms with Gasteiger partial charge in [0.1, 0.15) is 6.67 Å². The summed E-state index contributed by atoms with van der Waals surface area (Å²) in [5, 5.41) is 0. The third-order valence-electron chi connectivity index (χ3n) is 6.77. The van der Waals surface area contributed by atoms with E-state index < -0.39 is 6.67 Å². The van der Waals surface area contributed by atoms with Gasteiger partial charge in [0.05, 0.1) is 5.69 Å². The summed E-state index contributed by atoms with van der Waals surface area (Å²) in [6.45, 7) is 6.00. The van der Waals surface area contributed by atoms with Crippen molar-refractivity contribution < 1.29 is 9.18 Å². The second-order valence-electron chi connectivity index (χ2n) is 9.09. The number of piperazine rings is 1. The topological polar surface area (TPSA) is 53.4 Å². The molecule has 0 bridgehead atoms. The lowest BCUT2D eigenvalue weighted by Gasteiger charge is -2.36. The van der Waals surface area contributed by atoms with Crippen molar-refractivity contribution in [2.24, 2.45) is 0 Å². The van der Waals surface area contributed by atoms with Crippen molar-refractivity contribution in [2.45, 2.75) is 20.1 Å². The van der Waals surface area contributed by atoms with Crippen LogP contribution >= 0.6 is 0 Å². The molecular weight excluding hydrogens is 453 g/mol. The molecule has 0 saturated carbocycles. The SMILES string of the molecule is Cc1c(CN2CCN(c3cccc(CF)c3)CC2)cc(-c2ccccc2)n1NC(=O)c1ccncc1. The first-order valence-electron chi connectivity index (χ1n) is 12.2. The van der Waals surface area contributed by atoms with Gasteiger partial charge in [-0.1, -0.05) is 42.5 Å². The molecule has 0 atom stereocenters. The second-order valence-corrected chi connectivity index (χ2v) is 9.09. The average Bonchev–Trinajstić information content (AvgIpc) is 3.24. The summed E-state index contributed by atoms with van der Waals surface area (Å²) in [6, 6.07) is 23.4. The molecule has 2 aromatic heterocycles. The largest absolute Gasteiger partial charge is 0.369 e. The van der Waals surface area contributed by atoms with Crippen molar-refractivity contribution in [1.82, 2.24) is 14.6 Å². The Morgan fingerprint density at radius 1 is 0.944 bits per heavy atom. The van der Waals surface area contributed by atoms with Crippen LogP contribution in [0, 0.1) is 6.92 Å². The van der Waals surface area contributed by atoms with Crippen molar-refractivity contribution in [3.05, 3.63) is 108 Å². The summed E-state index contributed by atoms with van der Waals surface area (Å²) < 4.78 is 15.0. The monoisotopic (exact) mass is 483 g/mol. The molecule has 184 valence electrons. The van der Waals surface area contributed by atoms with E-state index in [0.29, 0.717) is 11.1 Å². The normalized spacial score (nSPS) is 14.1. The highest BCUT2D eigenvalue weighted by Gasteiger charge is 2.21. The second kappa shape index (κ2) is 10.7. The van der Waals surface area contributed by atoms with Crippen LogP contribution < -0.4 is 10.3 Å². The molecule has 0 unspecified atom stereocenters. The molecule has 5 rings (SSSR count). The molecule has 6 nitrogen and oxygen atoms in total. The average molecular weight is 484 g/mol. The third kappa shape index (κ3) is 5.16. The predicted octanol–water partition coefficient (Wildman–Crippen LogP) is 5.03. The highest BCUT2D eigenvalue weighted by Crippen LogP contribution is 2.27. The van der Waals surface area contributed by atoms with E-state index in [-0.39, 0.29) is 5.91 Å². The first kappa shape index (κ1) is 23.8. The van der Waals surface area contributed by atoms with Crippen LogP contribution in [-0.2, 0) is 13.2 Å². The molecule has 3 heterocycles. The summed E-state index contributed by atoms with van der Waals surface area (Å²) in [5.74, 6) is -0.177. The van der Waals surface area contributed by atoms with E-state index in [1.165, 1.54) is 5.56 Å². The van der Waals surface area contributed by atoms with Crippen molar-refractivity contribution in [3.63, 3.8) is 0 Å². The minimum Gasteiger partial charge on any atom is -0.369 e. The van der Waals surface area contributed by atoms with E-state index in [9.17, 15) is 9.18 Å². The van der Waals surface area contributed by atoms with E-state index in [1.54, 1.807) is 24.5 Å². The standard InChI is InChI=1S/C29H30FN5O/c1-22-26(21-33-14-16-34(17-15-33)27-9-5-6-23(18-27)20-30)19-28(24-7-3-2-4-8-24)35(22)32-29(36)25-10-12-31-13-11-25/h2-13,18-19H,14-17,20-21H2,1H3,(H,32,36). The van der Waals surface area contributed by atoms with Gasteiger partial charge in [0, 0.05) is 67.6 Å². The molecular formula is C29H30FN5O. The van der Waals surface area contributed by atoms with Crippen LogP contribution in [0.2, 0.25) is 0 Å². The van der Waals surface area contributed by atoms with Crippen molar-refractivity contribution in [2.75, 3.05) is 36.5 Å². The quantitative estimate of drug-likeness (QED) is 0.400. The zero-order valence-corrected chi connectivity index (χ0v) is 20.4. The minimum absolute atomic E-state index is 0.177. The van der Waals surface area contributed by atoms with Crippen LogP contribution in [0.5, 0.6) is 0 Å². The third-order valence-corrected chi connectivity index (χ3v) is 6.77. The van der Waals surface area contributed by atoms with Gasteiger partial charge in [-0.15, -0.1) is 0 Å². The maximum Gasteiger partial charge on any atom is 0.270 e. The molecule has 4 aromatic rings. The lowest BCUT2D eigenvalue weighted by Crippen LogP contribution is -2.46. The first-order valence-corrected chi connectivity index (χ1v) is 12.2. The lowest BCUT2D eigenvalue weighted by atomic mass is 10.1. The Balaban J connectivity index is 1.34. The minimum atomic E-state index is -0.439. The highest BCUT2D eigenvalue weighted by atomic mass is 19.1. The summed E-state index contributed by atoms with van der Waals surface area (Å²) in [7, 11) is 0. The van der Waals surface area contributed by atoms with E-state index >= 15 is 0 Å². The number of anilines is 1. The fourth-order valence-electron chi connectivity index (χ4n) is 4.69. The van der Waals surface area contributed by atoms with Gasteiger partial charge in [-0.05, 0) is 48.4 Å². The molecule has 1 N–H and O–H groups in total. The van der Waals surface area contributed by atoms with Crippen molar-refractivity contribution in [3.8, 4) is 11.3 Å². The number of alkyl halides is 1. The molecule has 1 aliphatic heterocycles. The molecule has 1 amide bonds. The Morgan fingerprint density at radius 3 is 2.42 bits per heavy atom. The zero-order valence-electron chi connectivity index (χ0n) is 20.4. The molecule has 0 radical (unpaired) electrons. The van der Waals surface area contributed by atoms with Gasteiger partial charge < -0.3 is 4.90 Å². The first-order chi connectivity index (χ1) is 17.6. The molecule has 1 saturated heterocycles. The van der Waals surface area contributed by atoms with Crippen molar-refractivity contribution in [1.29, 1.82) is 0 Å². The van der Waals surface area contributed by atoms with Gasteiger partial charge in [0.2, 0.25) is 0 Å². The number of amides is 1. The summed E-state index contributed by atoms with van der Waals surface area (Å²) >= 11 is 0. The Kier molecular flexibility index (Phi) is 7.09. The number of pyridine rings is 1. The number of halogens is 1. The summed E-state index contributed by atoms with van der Waals surface area (Å²) in [5.41, 5.74) is 9.62. The van der Waals surface area contributed by atoms with Gasteiger partial charge in [-0.25, -0.2) is 4.39 Å². The van der Waals surface area contributed by atoms with Gasteiger partial charge in [-0.3, -0.25) is 24.8 Å². The number of nitrogens with one attached hydrogen (secondary N) is 1. The van der Waals surface area contributed by atoms with Crippen LogP contribution in [0.1, 0.15) is 27.2 Å². The number of carbonyl (C=O) groups is 1. The van der Waals surface area contributed by atoms with E-state index in [0.717, 1.165) is 55.4 Å². The molecule has 0 aliphatic carbocycles. The number of rotatable bonds is 7. The van der Waals surface area contributed by atoms with Gasteiger partial charge in [0.25, 0.3) is 5.91 Å². The number of hydrogen-bond acceptors (Lipinski definition) is 4. The Morgan fingerprint density at radius 2 is 1.69 bits per heavy atom. The fourth-order valence-corrected chi connectivity index (χ4v) is 4.69. The predicted molar refractivity (Wildman–Crippen MR) is 141 cm³/mol. The number of aromatic nitrogens is 2. The van der Waals surface area contributed by atoms with Gasteiger partial charge in [-0.2, -0.15) is 0 Å². The summed E-state index contributed by atoms with van der Waals surface area (Å²) in [6.07, 6.45) is 3.24. The van der Waals surface area contributed by atoms with Crippen molar-refractivity contribution >= 4 is 11.6 Å². The molecule has 7 heteroatoms. The van der Waals surface area contributed by atoms with E-state index in [4.69, 9.17) is 0 Å². The summed E-state index contributed by atoms with van der Waals surface area (Å²) in [4.78, 5) is 21.7. The number of benzene rings is 2. The van der Waals surface area contributed by atoms with Crippen LogP contribution in [-0.4, -0.2) is 46.6 Å². The Labute approximate surface area is 211 Å². The maximum absolute atomic E-state index is 13.1. The van der Waals surface area contributed by atoms with Crippen LogP contribution in [0.25, 0.3) is 11.3 Å². The molecule has 1 fully saturated rings. The molecule has 1 aliphatic rings. The smallest absolute Gasteiger partial charge is 0.270 e. The van der Waals surface area contributed by atoms with Crippen LogP contribution in [0.15, 0.2) is 85.2 Å². The lowest BCUT2D eigenvalue weighted by molar-refractivity contribution is 0.101. The molecule has 0 spiro atoms.